The van der Waals surface area contributed by atoms with Gasteiger partial charge in [0.15, 0.2) is 0 Å². The van der Waals surface area contributed by atoms with Gasteiger partial charge >= 0.3 is 0 Å². The standard InChI is InChI=1S/C17H14N4O4/c1-11-15(18-16(22)12-5-3-2-4-6-12)17(23)20(19-11)13-7-9-14(10-8-13)21(24)25/h2-10,19H,1H3,(H,18,22). The molecule has 0 aliphatic carbocycles. The summed E-state index contributed by atoms with van der Waals surface area (Å²) in [4.78, 5) is 35.0. The molecule has 0 bridgehead atoms. The third kappa shape index (κ3) is 3.18. The number of hydrogen-bond donors (Lipinski definition) is 2. The summed E-state index contributed by atoms with van der Waals surface area (Å²) in [5.41, 5.74) is 0.955. The second-order valence-corrected chi connectivity index (χ2v) is 5.35. The van der Waals surface area contributed by atoms with Gasteiger partial charge in [-0.1, -0.05) is 18.2 Å². The zero-order chi connectivity index (χ0) is 18.0. The normalized spacial score (nSPS) is 10.4. The Hall–Kier alpha value is -3.68. The summed E-state index contributed by atoms with van der Waals surface area (Å²) < 4.78 is 1.22. The van der Waals surface area contributed by atoms with E-state index in [0.29, 0.717) is 16.9 Å². The van der Waals surface area contributed by atoms with Gasteiger partial charge in [0.1, 0.15) is 5.69 Å². The van der Waals surface area contributed by atoms with Gasteiger partial charge in [0, 0.05) is 17.7 Å². The van der Waals surface area contributed by atoms with Crippen LogP contribution in [0.15, 0.2) is 59.4 Å². The van der Waals surface area contributed by atoms with Gasteiger partial charge in [0.2, 0.25) is 0 Å². The number of carbonyl (C=O) groups is 1. The van der Waals surface area contributed by atoms with Crippen LogP contribution in [-0.4, -0.2) is 20.6 Å². The van der Waals surface area contributed by atoms with Crippen molar-refractivity contribution in [1.29, 1.82) is 0 Å². The van der Waals surface area contributed by atoms with Gasteiger partial charge in [-0.2, -0.15) is 0 Å². The Morgan fingerprint density at radius 2 is 1.76 bits per heavy atom. The van der Waals surface area contributed by atoms with Crippen LogP contribution in [0.3, 0.4) is 0 Å². The lowest BCUT2D eigenvalue weighted by atomic mass is 10.2. The maximum Gasteiger partial charge on any atom is 0.295 e. The monoisotopic (exact) mass is 338 g/mol. The number of carbonyl (C=O) groups excluding carboxylic acids is 1. The summed E-state index contributed by atoms with van der Waals surface area (Å²) >= 11 is 0. The molecular formula is C17H14N4O4. The molecule has 1 aromatic heterocycles. The van der Waals surface area contributed by atoms with E-state index in [9.17, 15) is 19.7 Å². The van der Waals surface area contributed by atoms with Crippen LogP contribution in [-0.2, 0) is 0 Å². The molecule has 2 N–H and O–H groups in total. The molecule has 3 aromatic rings. The number of benzene rings is 2. The number of nitrogens with one attached hydrogen (secondary N) is 2. The quantitative estimate of drug-likeness (QED) is 0.563. The van der Waals surface area contributed by atoms with E-state index < -0.39 is 16.4 Å². The van der Waals surface area contributed by atoms with Crippen molar-refractivity contribution in [2.45, 2.75) is 6.92 Å². The fourth-order valence-corrected chi connectivity index (χ4v) is 2.37. The zero-order valence-corrected chi connectivity index (χ0v) is 13.2. The molecule has 0 aliphatic heterocycles. The van der Waals surface area contributed by atoms with Gasteiger partial charge in [0.05, 0.1) is 16.3 Å². The third-order valence-electron chi connectivity index (χ3n) is 3.66. The molecule has 0 radical (unpaired) electrons. The smallest absolute Gasteiger partial charge is 0.295 e. The highest BCUT2D eigenvalue weighted by molar-refractivity contribution is 6.04. The van der Waals surface area contributed by atoms with Gasteiger partial charge in [-0.25, -0.2) is 4.68 Å². The van der Waals surface area contributed by atoms with Crippen LogP contribution in [0.4, 0.5) is 11.4 Å². The maximum atomic E-state index is 12.6. The third-order valence-corrected chi connectivity index (χ3v) is 3.66. The Bertz CT molecular complexity index is 988. The minimum atomic E-state index is -0.516. The molecule has 126 valence electrons. The largest absolute Gasteiger partial charge is 0.316 e. The maximum absolute atomic E-state index is 12.6. The molecule has 0 aliphatic rings. The van der Waals surface area contributed by atoms with Gasteiger partial charge in [-0.15, -0.1) is 0 Å². The van der Waals surface area contributed by atoms with Crippen molar-refractivity contribution in [3.8, 4) is 5.69 Å². The van der Waals surface area contributed by atoms with Crippen molar-refractivity contribution in [3.63, 3.8) is 0 Å². The van der Waals surface area contributed by atoms with Crippen molar-refractivity contribution in [2.75, 3.05) is 5.32 Å². The van der Waals surface area contributed by atoms with Crippen LogP contribution >= 0.6 is 0 Å². The first-order valence-electron chi connectivity index (χ1n) is 7.40. The average molecular weight is 338 g/mol. The first-order valence-corrected chi connectivity index (χ1v) is 7.40. The van der Waals surface area contributed by atoms with Gasteiger partial charge in [-0.3, -0.25) is 24.8 Å². The molecule has 0 spiro atoms. The first kappa shape index (κ1) is 16.2. The average Bonchev–Trinajstić information content (AvgIpc) is 2.90. The topological polar surface area (TPSA) is 110 Å². The number of non-ortho nitro benzene ring substituents is 1. The van der Waals surface area contributed by atoms with E-state index in [2.05, 4.69) is 10.4 Å². The molecule has 0 saturated heterocycles. The molecule has 1 amide bonds. The highest BCUT2D eigenvalue weighted by atomic mass is 16.6. The molecule has 0 unspecified atom stereocenters. The van der Waals surface area contributed by atoms with E-state index in [0.717, 1.165) is 0 Å². The molecular weight excluding hydrogens is 324 g/mol. The summed E-state index contributed by atoms with van der Waals surface area (Å²) in [6.07, 6.45) is 0. The number of hydrogen-bond acceptors (Lipinski definition) is 4. The van der Waals surface area contributed by atoms with E-state index in [1.807, 2.05) is 0 Å². The SMILES string of the molecule is Cc1[nH]n(-c2ccc([N+](=O)[O-])cc2)c(=O)c1NC(=O)c1ccccc1. The molecule has 25 heavy (non-hydrogen) atoms. The van der Waals surface area contributed by atoms with E-state index in [1.54, 1.807) is 37.3 Å². The number of nitro groups is 1. The van der Waals surface area contributed by atoms with Crippen molar-refractivity contribution in [1.82, 2.24) is 9.78 Å². The van der Waals surface area contributed by atoms with Crippen LogP contribution in [0.2, 0.25) is 0 Å². The number of anilines is 1. The minimum absolute atomic E-state index is 0.0716. The van der Waals surface area contributed by atoms with Crippen LogP contribution in [0.25, 0.3) is 5.69 Å². The number of aryl methyl sites for hydroxylation is 1. The predicted molar refractivity (Wildman–Crippen MR) is 92.2 cm³/mol. The number of aromatic nitrogens is 2. The summed E-state index contributed by atoms with van der Waals surface area (Å²) in [7, 11) is 0. The number of H-pyrrole nitrogens is 1. The Morgan fingerprint density at radius 3 is 2.36 bits per heavy atom. The fourth-order valence-electron chi connectivity index (χ4n) is 2.37. The second kappa shape index (κ2) is 6.44. The summed E-state index contributed by atoms with van der Waals surface area (Å²) in [6, 6.07) is 14.1. The molecule has 8 heteroatoms. The molecule has 8 nitrogen and oxygen atoms in total. The minimum Gasteiger partial charge on any atom is -0.316 e. The number of nitrogens with zero attached hydrogens (tertiary/aromatic N) is 2. The summed E-state index contributed by atoms with van der Waals surface area (Å²) in [5.74, 6) is -0.393. The number of aromatic amines is 1. The lowest BCUT2D eigenvalue weighted by Gasteiger charge is -2.02. The Labute approximate surface area is 141 Å². The van der Waals surface area contributed by atoms with Crippen molar-refractivity contribution < 1.29 is 9.72 Å². The number of rotatable bonds is 4. The predicted octanol–water partition coefficient (Wildman–Crippen LogP) is 2.63. The van der Waals surface area contributed by atoms with E-state index in [-0.39, 0.29) is 11.4 Å². The van der Waals surface area contributed by atoms with Crippen LogP contribution < -0.4 is 10.9 Å². The van der Waals surface area contributed by atoms with Crippen molar-refractivity contribution in [2.24, 2.45) is 0 Å². The van der Waals surface area contributed by atoms with Crippen LogP contribution in [0.5, 0.6) is 0 Å². The summed E-state index contributed by atoms with van der Waals surface area (Å²) in [5, 5.41) is 16.2. The second-order valence-electron chi connectivity index (χ2n) is 5.35. The molecule has 1 heterocycles. The van der Waals surface area contributed by atoms with Crippen LogP contribution in [0.1, 0.15) is 16.1 Å². The Kier molecular flexibility index (Phi) is 4.17. The van der Waals surface area contributed by atoms with E-state index in [4.69, 9.17) is 0 Å². The lowest BCUT2D eigenvalue weighted by molar-refractivity contribution is -0.384. The van der Waals surface area contributed by atoms with Crippen molar-refractivity contribution >= 4 is 17.3 Å². The van der Waals surface area contributed by atoms with Gasteiger partial charge < -0.3 is 5.32 Å². The molecule has 0 atom stereocenters. The van der Waals surface area contributed by atoms with E-state index >= 15 is 0 Å². The molecule has 0 saturated carbocycles. The Morgan fingerprint density at radius 1 is 1.12 bits per heavy atom. The van der Waals surface area contributed by atoms with E-state index in [1.165, 1.54) is 28.9 Å². The molecule has 3 rings (SSSR count). The number of nitro benzene ring substituents is 1. The highest BCUT2D eigenvalue weighted by Gasteiger charge is 2.16. The van der Waals surface area contributed by atoms with Crippen LogP contribution in [0, 0.1) is 17.0 Å². The highest BCUT2D eigenvalue weighted by Crippen LogP contribution is 2.16. The number of amides is 1. The zero-order valence-electron chi connectivity index (χ0n) is 13.2. The molecule has 2 aromatic carbocycles. The fraction of sp³-hybridized carbons (Fsp3) is 0.0588. The van der Waals surface area contributed by atoms with Gasteiger partial charge in [0.25, 0.3) is 17.2 Å². The van der Waals surface area contributed by atoms with Crippen molar-refractivity contribution in [3.05, 3.63) is 86.3 Å². The first-order chi connectivity index (χ1) is 12.0. The summed E-state index contributed by atoms with van der Waals surface area (Å²) in [6.45, 7) is 1.66. The van der Waals surface area contributed by atoms with Gasteiger partial charge in [-0.05, 0) is 31.2 Å². The molecule has 0 fully saturated rings. The Balaban J connectivity index is 1.92. The lowest BCUT2D eigenvalue weighted by Crippen LogP contribution is -2.21.